The molecule has 5 heterocycles. The van der Waals surface area contributed by atoms with Crippen LogP contribution in [0.2, 0.25) is 0 Å². The number of aliphatic hydroxyl groups is 2. The monoisotopic (exact) mass is 789 g/mol. The molecule has 1 aliphatic carbocycles. The fourth-order valence-electron chi connectivity index (χ4n) is 10.1. The van der Waals surface area contributed by atoms with Crippen LogP contribution in [0.5, 0.6) is 5.75 Å². The van der Waals surface area contributed by atoms with Gasteiger partial charge in [0.05, 0.1) is 32.3 Å². The first-order chi connectivity index (χ1) is 27.6. The van der Waals surface area contributed by atoms with Crippen molar-refractivity contribution in [1.82, 2.24) is 14.8 Å². The Kier molecular flexibility index (Phi) is 18.4. The first kappa shape index (κ1) is 47.7. The molecule has 1 aromatic heterocycles. The summed E-state index contributed by atoms with van der Waals surface area (Å²) in [5.41, 5.74) is 6.98. The van der Waals surface area contributed by atoms with Gasteiger partial charge in [-0.25, -0.2) is 0 Å². The normalized spacial score (nSPS) is 27.0. The lowest BCUT2D eigenvalue weighted by Crippen LogP contribution is -2.69. The van der Waals surface area contributed by atoms with Crippen molar-refractivity contribution in [1.29, 1.82) is 0 Å². The van der Waals surface area contributed by atoms with Crippen molar-refractivity contribution in [2.75, 3.05) is 59.4 Å². The molecule has 9 heteroatoms. The predicted molar refractivity (Wildman–Crippen MR) is 239 cm³/mol. The highest BCUT2D eigenvalue weighted by Crippen LogP contribution is 2.60. The highest BCUT2D eigenvalue weighted by Gasteiger charge is 2.67. The van der Waals surface area contributed by atoms with Crippen molar-refractivity contribution in [2.24, 2.45) is 11.8 Å². The number of H-pyrrole nitrogens is 1. The SMILES string of the molecule is CC.CC.CC.CC.CCC1=CC(CC(C(=O)OC)c2[nH]c3ccccc3c2C)CN(C)C1.COc1ccc2c(c1)N(C)C1C(O)C(O)C3C=CCN4CCC21C34. The van der Waals surface area contributed by atoms with Gasteiger partial charge < -0.3 is 34.5 Å². The van der Waals surface area contributed by atoms with Gasteiger partial charge in [-0.2, -0.15) is 0 Å². The standard InChI is InChI=1S/C21H28N2O2.C19H24N2O3.4C2H6/c1-5-15-10-16(13-23(3)12-15)11-18(21(24)25-4)20-14(2)17-8-6-7-9-19(17)22-20;1-20-14-10-11(24-2)5-6-13(14)19-7-9-21-8-3-4-12(17(19)21)15(22)16(23)18(19)20;4*1-2/h6-10,16,18,22H,5,11-13H2,1-4H3;3-6,10,12,15-18,22-23H,7-9H2,1-2H3;4*1-2H3. The lowest BCUT2D eigenvalue weighted by atomic mass is 9.58. The van der Waals surface area contributed by atoms with Gasteiger partial charge in [0.1, 0.15) is 11.9 Å². The number of methoxy groups -OCH3 is 2. The van der Waals surface area contributed by atoms with Crippen LogP contribution in [-0.4, -0.2) is 110 Å². The van der Waals surface area contributed by atoms with Gasteiger partial charge in [-0.15, -0.1) is 0 Å². The Hall–Kier alpha value is -3.63. The van der Waals surface area contributed by atoms with Crippen molar-refractivity contribution in [3.05, 3.63) is 83.1 Å². The van der Waals surface area contributed by atoms with Gasteiger partial charge in [0.2, 0.25) is 0 Å². The summed E-state index contributed by atoms with van der Waals surface area (Å²) in [7, 11) is 7.35. The minimum absolute atomic E-state index is 0.00560. The minimum Gasteiger partial charge on any atom is -0.497 e. The molecule has 1 saturated heterocycles. The van der Waals surface area contributed by atoms with Crippen molar-refractivity contribution < 1.29 is 24.5 Å². The lowest BCUT2D eigenvalue weighted by molar-refractivity contribution is -0.143. The van der Waals surface area contributed by atoms with Gasteiger partial charge in [0.15, 0.2) is 0 Å². The Morgan fingerprint density at radius 3 is 2.28 bits per heavy atom. The van der Waals surface area contributed by atoms with Crippen LogP contribution in [0.4, 0.5) is 5.69 Å². The average molecular weight is 789 g/mol. The van der Waals surface area contributed by atoms with E-state index >= 15 is 0 Å². The highest BCUT2D eigenvalue weighted by molar-refractivity contribution is 5.88. The maximum atomic E-state index is 12.6. The van der Waals surface area contributed by atoms with Gasteiger partial charge in [0, 0.05) is 72.4 Å². The lowest BCUT2D eigenvalue weighted by Gasteiger charge is -2.54. The number of fused-ring (bicyclic) bond motifs is 2. The number of nitrogens with one attached hydrogen (secondary N) is 1. The number of benzene rings is 2. The zero-order chi connectivity index (χ0) is 42.6. The zero-order valence-corrected chi connectivity index (χ0v) is 37.7. The van der Waals surface area contributed by atoms with Crippen LogP contribution in [0.15, 0.2) is 66.3 Å². The van der Waals surface area contributed by atoms with E-state index in [2.05, 4.69) is 83.1 Å². The van der Waals surface area contributed by atoms with E-state index in [9.17, 15) is 15.0 Å². The summed E-state index contributed by atoms with van der Waals surface area (Å²) in [5, 5.41) is 23.0. The fourth-order valence-corrected chi connectivity index (χ4v) is 10.1. The maximum absolute atomic E-state index is 12.6. The number of aryl methyl sites for hydroxylation is 1. The summed E-state index contributed by atoms with van der Waals surface area (Å²) >= 11 is 0. The first-order valence-corrected chi connectivity index (χ1v) is 21.8. The Balaban J connectivity index is 0.000000260. The van der Waals surface area contributed by atoms with Gasteiger partial charge in [0.25, 0.3) is 0 Å². The number of aromatic nitrogens is 1. The number of likely N-dealkylation sites (N-methyl/N-ethyl adjacent to an activating group) is 2. The number of hydrogen-bond acceptors (Lipinski definition) is 8. The molecule has 8 atom stereocenters. The summed E-state index contributed by atoms with van der Waals surface area (Å²) in [6, 6.07) is 14.6. The molecule has 8 unspecified atom stereocenters. The van der Waals surface area contributed by atoms with Gasteiger partial charge >= 0.3 is 5.97 Å². The van der Waals surface area contributed by atoms with E-state index in [1.807, 2.05) is 80.6 Å². The van der Waals surface area contributed by atoms with E-state index in [0.717, 1.165) is 73.7 Å². The molecule has 318 valence electrons. The van der Waals surface area contributed by atoms with Gasteiger partial charge in [-0.05, 0) is 69.0 Å². The number of hydrogen-bond donors (Lipinski definition) is 3. The second kappa shape index (κ2) is 21.9. The quantitative estimate of drug-likeness (QED) is 0.168. The molecule has 0 amide bonds. The van der Waals surface area contributed by atoms with Crippen molar-refractivity contribution in [3.63, 3.8) is 0 Å². The molecule has 0 radical (unpaired) electrons. The van der Waals surface area contributed by atoms with E-state index in [4.69, 9.17) is 9.47 Å². The Labute approximate surface area is 345 Å². The number of rotatable bonds is 6. The molecule has 3 N–H and O–H groups in total. The van der Waals surface area contributed by atoms with E-state index in [1.54, 1.807) is 7.11 Å². The summed E-state index contributed by atoms with van der Waals surface area (Å²) in [6.07, 6.45) is 8.02. The second-order valence-electron chi connectivity index (χ2n) is 14.8. The number of para-hydroxylation sites is 1. The van der Waals surface area contributed by atoms with E-state index in [1.165, 1.54) is 23.6 Å². The third kappa shape index (κ3) is 9.17. The van der Waals surface area contributed by atoms with Crippen LogP contribution in [0.3, 0.4) is 0 Å². The van der Waals surface area contributed by atoms with Crippen LogP contribution in [0.1, 0.15) is 104 Å². The van der Waals surface area contributed by atoms with Crippen LogP contribution in [-0.2, 0) is 14.9 Å². The second-order valence-corrected chi connectivity index (χ2v) is 14.8. The molecular weight excluding hydrogens is 713 g/mol. The maximum Gasteiger partial charge on any atom is 0.314 e. The van der Waals surface area contributed by atoms with Crippen LogP contribution in [0, 0.1) is 18.8 Å². The fraction of sp³-hybridized carbons (Fsp3) is 0.604. The third-order valence-electron chi connectivity index (χ3n) is 12.2. The van der Waals surface area contributed by atoms with E-state index in [-0.39, 0.29) is 35.3 Å². The molecule has 8 rings (SSSR count). The Bertz CT molecular complexity index is 1770. The first-order valence-electron chi connectivity index (χ1n) is 21.8. The smallest absolute Gasteiger partial charge is 0.314 e. The number of aliphatic hydroxyl groups excluding tert-OH is 2. The Morgan fingerprint density at radius 2 is 1.65 bits per heavy atom. The molecule has 3 aromatic rings. The molecule has 57 heavy (non-hydrogen) atoms. The molecule has 9 nitrogen and oxygen atoms in total. The van der Waals surface area contributed by atoms with E-state index < -0.39 is 12.2 Å². The molecule has 5 aliphatic rings. The number of ether oxygens (including phenoxy) is 2. The largest absolute Gasteiger partial charge is 0.497 e. The minimum atomic E-state index is -0.752. The van der Waals surface area contributed by atoms with Gasteiger partial charge in [-0.1, -0.05) is 110 Å². The topological polar surface area (TPSA) is 102 Å². The molecule has 2 aromatic carbocycles. The predicted octanol–water partition coefficient (Wildman–Crippen LogP) is 8.87. The molecule has 1 saturated carbocycles. The number of aromatic amines is 1. The van der Waals surface area contributed by atoms with Crippen molar-refractivity contribution in [2.45, 2.75) is 124 Å². The number of anilines is 1. The number of carbonyl (C=O) groups is 1. The number of carbonyl (C=O) groups excluding carboxylic acids is 1. The molecule has 2 fully saturated rings. The molecule has 4 aliphatic heterocycles. The molecular formula is C48H76N4O5. The van der Waals surface area contributed by atoms with Crippen LogP contribution < -0.4 is 9.64 Å². The summed E-state index contributed by atoms with van der Waals surface area (Å²) in [6.45, 7) is 24.2. The van der Waals surface area contributed by atoms with Crippen molar-refractivity contribution in [3.8, 4) is 5.75 Å². The number of nitrogens with zero attached hydrogens (tertiary/aromatic N) is 3. The molecule has 1 spiro atoms. The van der Waals surface area contributed by atoms with E-state index in [0.29, 0.717) is 5.92 Å². The zero-order valence-electron chi connectivity index (χ0n) is 37.7. The number of esters is 1. The third-order valence-corrected chi connectivity index (χ3v) is 12.2. The average Bonchev–Trinajstić information content (AvgIpc) is 3.90. The Morgan fingerprint density at radius 1 is 0.965 bits per heavy atom. The van der Waals surface area contributed by atoms with Crippen LogP contribution >= 0.6 is 0 Å². The molecule has 0 bridgehead atoms. The highest BCUT2D eigenvalue weighted by atomic mass is 16.5. The summed E-state index contributed by atoms with van der Waals surface area (Å²) in [4.78, 5) is 23.0. The van der Waals surface area contributed by atoms with Crippen molar-refractivity contribution >= 4 is 22.6 Å². The summed E-state index contributed by atoms with van der Waals surface area (Å²) in [5.74, 6) is 0.774. The summed E-state index contributed by atoms with van der Waals surface area (Å²) < 4.78 is 10.6. The van der Waals surface area contributed by atoms with Crippen LogP contribution in [0.25, 0.3) is 10.9 Å². The van der Waals surface area contributed by atoms with Gasteiger partial charge in [-0.3, -0.25) is 9.69 Å².